The molecule has 0 bridgehead atoms. The van der Waals surface area contributed by atoms with Gasteiger partial charge in [-0.05, 0) is 25.3 Å². The first-order valence-corrected chi connectivity index (χ1v) is 11.5. The summed E-state index contributed by atoms with van der Waals surface area (Å²) in [6.07, 6.45) is 2.14. The van der Waals surface area contributed by atoms with Crippen molar-refractivity contribution in [3.8, 4) is 0 Å². The third-order valence-corrected chi connectivity index (χ3v) is 7.20. The fraction of sp³-hybridized carbons (Fsp3) is 0.667. The number of amides is 2. The summed E-state index contributed by atoms with van der Waals surface area (Å²) >= 11 is 0. The number of carbonyl (C=O) groups is 2. The van der Waals surface area contributed by atoms with E-state index in [-0.39, 0.29) is 35.6 Å². The van der Waals surface area contributed by atoms with Crippen LogP contribution in [0, 0.1) is 18.3 Å². The fourth-order valence-corrected chi connectivity index (χ4v) is 5.16. The maximum atomic E-state index is 13.3. The first-order valence-electron chi connectivity index (χ1n) is 11.5. The van der Waals surface area contributed by atoms with Crippen LogP contribution in [0.25, 0.3) is 0 Å². The van der Waals surface area contributed by atoms with Crippen LogP contribution in [0.3, 0.4) is 0 Å². The van der Waals surface area contributed by atoms with Gasteiger partial charge in [0.05, 0.1) is 25.2 Å². The number of benzene rings is 1. The van der Waals surface area contributed by atoms with Crippen LogP contribution in [0.15, 0.2) is 24.3 Å². The normalized spacial score (nSPS) is 26.8. The number of morpholine rings is 1. The van der Waals surface area contributed by atoms with Gasteiger partial charge in [0.15, 0.2) is 0 Å². The van der Waals surface area contributed by atoms with E-state index in [1.54, 1.807) is 11.9 Å². The molecular formula is C24H35N3O4. The van der Waals surface area contributed by atoms with E-state index in [1.165, 1.54) is 5.56 Å². The Morgan fingerprint density at radius 2 is 1.74 bits per heavy atom. The smallest absolute Gasteiger partial charge is 0.226 e. The molecule has 170 valence electrons. The SMILES string of the molecule is Cc1ccc(C2C(C(=O)NCC3(CN4CCOCC4)CCOCC3)CC(=O)N2C)cc1. The summed E-state index contributed by atoms with van der Waals surface area (Å²) < 4.78 is 11.1. The molecule has 3 aliphatic rings. The van der Waals surface area contributed by atoms with Gasteiger partial charge in [-0.3, -0.25) is 14.5 Å². The van der Waals surface area contributed by atoms with Gasteiger partial charge >= 0.3 is 0 Å². The summed E-state index contributed by atoms with van der Waals surface area (Å²) in [5, 5.41) is 3.25. The zero-order chi connectivity index (χ0) is 21.8. The lowest BCUT2D eigenvalue weighted by atomic mass is 9.79. The van der Waals surface area contributed by atoms with Crippen LogP contribution >= 0.6 is 0 Å². The second-order valence-corrected chi connectivity index (χ2v) is 9.39. The third kappa shape index (κ3) is 5.10. The summed E-state index contributed by atoms with van der Waals surface area (Å²) in [5.41, 5.74) is 2.20. The molecule has 3 saturated heterocycles. The number of hydrogen-bond acceptors (Lipinski definition) is 5. The Balaban J connectivity index is 1.44. The van der Waals surface area contributed by atoms with Gasteiger partial charge in [-0.1, -0.05) is 29.8 Å². The van der Waals surface area contributed by atoms with Crippen molar-refractivity contribution in [1.29, 1.82) is 0 Å². The predicted octanol–water partition coefficient (Wildman–Crippen LogP) is 1.76. The van der Waals surface area contributed by atoms with Crippen LogP contribution in [-0.2, 0) is 19.1 Å². The van der Waals surface area contributed by atoms with E-state index in [9.17, 15) is 9.59 Å². The van der Waals surface area contributed by atoms with Gasteiger partial charge < -0.3 is 19.7 Å². The minimum absolute atomic E-state index is 0.0130. The Bertz CT molecular complexity index is 770. The van der Waals surface area contributed by atoms with Gasteiger partial charge in [-0.2, -0.15) is 0 Å². The van der Waals surface area contributed by atoms with Crippen molar-refractivity contribution in [2.75, 3.05) is 59.7 Å². The maximum absolute atomic E-state index is 13.3. The first kappa shape index (κ1) is 22.2. The second-order valence-electron chi connectivity index (χ2n) is 9.39. The van der Waals surface area contributed by atoms with Crippen molar-refractivity contribution in [3.05, 3.63) is 35.4 Å². The van der Waals surface area contributed by atoms with E-state index in [1.807, 2.05) is 31.2 Å². The van der Waals surface area contributed by atoms with Gasteiger partial charge in [0.1, 0.15) is 0 Å². The lowest BCUT2D eigenvalue weighted by molar-refractivity contribution is -0.128. The van der Waals surface area contributed by atoms with Crippen molar-refractivity contribution in [1.82, 2.24) is 15.1 Å². The Morgan fingerprint density at radius 1 is 1.10 bits per heavy atom. The van der Waals surface area contributed by atoms with Crippen LogP contribution in [0.5, 0.6) is 0 Å². The zero-order valence-corrected chi connectivity index (χ0v) is 18.8. The average molecular weight is 430 g/mol. The highest BCUT2D eigenvalue weighted by atomic mass is 16.5. The predicted molar refractivity (Wildman–Crippen MR) is 118 cm³/mol. The summed E-state index contributed by atoms with van der Waals surface area (Å²) in [6, 6.07) is 7.94. The minimum atomic E-state index is -0.361. The molecule has 31 heavy (non-hydrogen) atoms. The molecule has 7 nitrogen and oxygen atoms in total. The minimum Gasteiger partial charge on any atom is -0.381 e. The van der Waals surface area contributed by atoms with E-state index in [2.05, 4.69) is 10.2 Å². The maximum Gasteiger partial charge on any atom is 0.226 e. The van der Waals surface area contributed by atoms with Crippen molar-refractivity contribution in [2.45, 2.75) is 32.2 Å². The molecule has 0 aromatic heterocycles. The molecule has 4 rings (SSSR count). The number of aryl methyl sites for hydroxylation is 1. The van der Waals surface area contributed by atoms with E-state index in [0.29, 0.717) is 6.54 Å². The summed E-state index contributed by atoms with van der Waals surface area (Å²) in [5.74, 6) is -0.351. The molecule has 1 N–H and O–H groups in total. The molecule has 2 atom stereocenters. The number of ether oxygens (including phenoxy) is 2. The number of nitrogens with zero attached hydrogens (tertiary/aromatic N) is 2. The van der Waals surface area contributed by atoms with Crippen LogP contribution in [0.1, 0.15) is 36.4 Å². The van der Waals surface area contributed by atoms with Crippen LogP contribution < -0.4 is 5.32 Å². The lowest BCUT2D eigenvalue weighted by Gasteiger charge is -2.42. The van der Waals surface area contributed by atoms with Gasteiger partial charge in [0.2, 0.25) is 11.8 Å². The topological polar surface area (TPSA) is 71.1 Å². The molecule has 0 radical (unpaired) electrons. The molecule has 3 aliphatic heterocycles. The summed E-state index contributed by atoms with van der Waals surface area (Å²) in [6.45, 7) is 8.50. The highest BCUT2D eigenvalue weighted by Gasteiger charge is 2.43. The molecule has 2 unspecified atom stereocenters. The Kier molecular flexibility index (Phi) is 6.94. The van der Waals surface area contributed by atoms with Crippen LogP contribution in [0.2, 0.25) is 0 Å². The van der Waals surface area contributed by atoms with Crippen molar-refractivity contribution < 1.29 is 19.1 Å². The molecule has 1 aromatic carbocycles. The number of likely N-dealkylation sites (tertiary alicyclic amines) is 1. The van der Waals surface area contributed by atoms with Gasteiger partial charge in [-0.15, -0.1) is 0 Å². The molecule has 0 spiro atoms. The van der Waals surface area contributed by atoms with Gasteiger partial charge in [-0.25, -0.2) is 0 Å². The molecule has 2 amide bonds. The van der Waals surface area contributed by atoms with Crippen molar-refractivity contribution in [2.24, 2.45) is 11.3 Å². The highest BCUT2D eigenvalue weighted by Crippen LogP contribution is 2.38. The summed E-state index contributed by atoms with van der Waals surface area (Å²) in [4.78, 5) is 30.0. The average Bonchev–Trinajstić information content (AvgIpc) is 3.08. The second kappa shape index (κ2) is 9.67. The summed E-state index contributed by atoms with van der Waals surface area (Å²) in [7, 11) is 1.80. The number of rotatable bonds is 6. The lowest BCUT2D eigenvalue weighted by Crippen LogP contribution is -2.51. The van der Waals surface area contributed by atoms with E-state index in [0.717, 1.165) is 64.5 Å². The Morgan fingerprint density at radius 3 is 2.42 bits per heavy atom. The standard InChI is InChI=1S/C24H35N3O4/c1-18-3-5-19(6-4-18)22-20(15-21(28)26(22)2)23(29)25-16-24(7-11-30-12-8-24)17-27-9-13-31-14-10-27/h3-6,20,22H,7-17H2,1-2H3,(H,25,29). The van der Waals surface area contributed by atoms with Crippen LogP contribution in [-0.4, -0.2) is 81.3 Å². The Labute approximate surface area is 185 Å². The first-order chi connectivity index (χ1) is 15.0. The quantitative estimate of drug-likeness (QED) is 0.746. The van der Waals surface area contributed by atoms with E-state index < -0.39 is 0 Å². The van der Waals surface area contributed by atoms with Gasteiger partial charge in [0, 0.05) is 58.3 Å². The zero-order valence-electron chi connectivity index (χ0n) is 18.8. The number of nitrogens with one attached hydrogen (secondary N) is 1. The van der Waals surface area contributed by atoms with E-state index >= 15 is 0 Å². The molecule has 0 aliphatic carbocycles. The molecule has 7 heteroatoms. The van der Waals surface area contributed by atoms with Crippen molar-refractivity contribution in [3.63, 3.8) is 0 Å². The molecule has 3 fully saturated rings. The molecular weight excluding hydrogens is 394 g/mol. The Hall–Kier alpha value is -1.96. The fourth-order valence-electron chi connectivity index (χ4n) is 5.16. The molecule has 0 saturated carbocycles. The number of carbonyl (C=O) groups excluding carboxylic acids is 2. The third-order valence-electron chi connectivity index (χ3n) is 7.20. The monoisotopic (exact) mass is 429 g/mol. The highest BCUT2D eigenvalue weighted by molar-refractivity contribution is 5.90. The number of hydrogen-bond donors (Lipinski definition) is 1. The van der Waals surface area contributed by atoms with Gasteiger partial charge in [0.25, 0.3) is 0 Å². The van der Waals surface area contributed by atoms with E-state index in [4.69, 9.17) is 9.47 Å². The largest absolute Gasteiger partial charge is 0.381 e. The van der Waals surface area contributed by atoms with Crippen molar-refractivity contribution >= 4 is 11.8 Å². The molecule has 3 heterocycles. The van der Waals surface area contributed by atoms with Crippen LogP contribution in [0.4, 0.5) is 0 Å². The molecule has 1 aromatic rings.